The molecule has 0 fully saturated rings. The molecule has 0 atom stereocenters. The van der Waals surface area contributed by atoms with E-state index in [2.05, 4.69) is 18.2 Å². The molecular formula is C21H15ClN2O2. The predicted molar refractivity (Wildman–Crippen MR) is 103 cm³/mol. The second-order valence-corrected chi connectivity index (χ2v) is 6.06. The molecule has 0 aliphatic rings. The number of carbonyl (C=O) groups is 1. The minimum absolute atomic E-state index is 0.134. The Balaban J connectivity index is 1.81. The van der Waals surface area contributed by atoms with Crippen LogP contribution < -0.4 is 10.5 Å². The number of hydrogen-bond acceptors (Lipinski definition) is 3. The molecule has 0 aliphatic carbocycles. The maximum Gasteiger partial charge on any atom is 0.259 e. The number of primary amides is 1. The number of ether oxygens (including phenoxy) is 1. The largest absolute Gasteiger partial charge is 0.487 e. The van der Waals surface area contributed by atoms with Gasteiger partial charge in [0.1, 0.15) is 24.0 Å². The topological polar surface area (TPSA) is 76.1 Å². The average molecular weight is 363 g/mol. The van der Waals surface area contributed by atoms with Crippen LogP contribution in [0.5, 0.6) is 5.75 Å². The molecule has 26 heavy (non-hydrogen) atoms. The fourth-order valence-corrected chi connectivity index (χ4v) is 2.87. The summed E-state index contributed by atoms with van der Waals surface area (Å²) in [6.07, 6.45) is 1.39. The summed E-state index contributed by atoms with van der Waals surface area (Å²) in [5, 5.41) is 11.6. The zero-order valence-electron chi connectivity index (χ0n) is 13.8. The molecule has 128 valence electrons. The first-order valence-corrected chi connectivity index (χ1v) is 8.27. The van der Waals surface area contributed by atoms with Crippen LogP contribution in [0.25, 0.3) is 16.8 Å². The van der Waals surface area contributed by atoms with Gasteiger partial charge in [-0.05, 0) is 40.1 Å². The van der Waals surface area contributed by atoms with E-state index in [1.807, 2.05) is 24.3 Å². The number of fused-ring (bicyclic) bond motifs is 1. The third kappa shape index (κ3) is 3.85. The van der Waals surface area contributed by atoms with Crippen LogP contribution >= 0.6 is 11.6 Å². The van der Waals surface area contributed by atoms with Crippen molar-refractivity contribution in [1.29, 1.82) is 5.26 Å². The Hall–Kier alpha value is -3.29. The Morgan fingerprint density at radius 3 is 2.65 bits per heavy atom. The van der Waals surface area contributed by atoms with E-state index in [1.165, 1.54) is 6.08 Å². The number of rotatable bonds is 5. The van der Waals surface area contributed by atoms with Gasteiger partial charge in [-0.15, -0.1) is 0 Å². The van der Waals surface area contributed by atoms with E-state index < -0.39 is 5.91 Å². The van der Waals surface area contributed by atoms with Crippen molar-refractivity contribution in [3.63, 3.8) is 0 Å². The summed E-state index contributed by atoms with van der Waals surface area (Å²) in [6, 6.07) is 21.0. The zero-order valence-corrected chi connectivity index (χ0v) is 14.5. The third-order valence-electron chi connectivity index (χ3n) is 3.92. The van der Waals surface area contributed by atoms with E-state index in [4.69, 9.17) is 27.3 Å². The van der Waals surface area contributed by atoms with E-state index >= 15 is 0 Å². The summed E-state index contributed by atoms with van der Waals surface area (Å²) < 4.78 is 5.86. The summed E-state index contributed by atoms with van der Waals surface area (Å²) in [6.45, 7) is 0.376. The van der Waals surface area contributed by atoms with Gasteiger partial charge >= 0.3 is 0 Å². The van der Waals surface area contributed by atoms with Crippen LogP contribution in [0.4, 0.5) is 0 Å². The first kappa shape index (κ1) is 17.5. The molecular weight excluding hydrogens is 348 g/mol. The Bertz CT molecular complexity index is 1050. The minimum atomic E-state index is -0.778. The maximum atomic E-state index is 11.1. The fraction of sp³-hybridized carbons (Fsp3) is 0.0476. The van der Waals surface area contributed by atoms with Crippen LogP contribution in [-0.2, 0) is 11.4 Å². The Morgan fingerprint density at radius 2 is 1.92 bits per heavy atom. The molecule has 0 bridgehead atoms. The molecule has 4 nitrogen and oxygen atoms in total. The Morgan fingerprint density at radius 1 is 1.15 bits per heavy atom. The van der Waals surface area contributed by atoms with Crippen molar-refractivity contribution >= 4 is 34.4 Å². The molecule has 0 saturated heterocycles. The third-order valence-corrected chi connectivity index (χ3v) is 4.21. The summed E-state index contributed by atoms with van der Waals surface area (Å²) in [7, 11) is 0. The van der Waals surface area contributed by atoms with Gasteiger partial charge in [-0.1, -0.05) is 60.1 Å². The number of halogens is 1. The Kier molecular flexibility index (Phi) is 5.21. The van der Waals surface area contributed by atoms with E-state index in [0.29, 0.717) is 22.9 Å². The number of amides is 1. The van der Waals surface area contributed by atoms with Crippen molar-refractivity contribution in [2.75, 3.05) is 0 Å². The van der Waals surface area contributed by atoms with Crippen LogP contribution in [0.1, 0.15) is 11.1 Å². The monoisotopic (exact) mass is 362 g/mol. The van der Waals surface area contributed by atoms with Crippen molar-refractivity contribution in [1.82, 2.24) is 0 Å². The lowest BCUT2D eigenvalue weighted by Crippen LogP contribution is -2.12. The lowest BCUT2D eigenvalue weighted by molar-refractivity contribution is -0.114. The molecule has 0 heterocycles. The highest BCUT2D eigenvalue weighted by molar-refractivity contribution is 6.32. The number of nitrogens with zero attached hydrogens (tertiary/aromatic N) is 1. The second-order valence-electron chi connectivity index (χ2n) is 5.65. The van der Waals surface area contributed by atoms with Gasteiger partial charge in [0.15, 0.2) is 0 Å². The molecule has 3 rings (SSSR count). The van der Waals surface area contributed by atoms with E-state index in [-0.39, 0.29) is 5.57 Å². The van der Waals surface area contributed by atoms with Crippen molar-refractivity contribution in [3.8, 4) is 11.8 Å². The second kappa shape index (κ2) is 7.73. The minimum Gasteiger partial charge on any atom is -0.487 e. The molecule has 2 N–H and O–H groups in total. The molecule has 0 saturated carbocycles. The van der Waals surface area contributed by atoms with Crippen molar-refractivity contribution < 1.29 is 9.53 Å². The number of nitriles is 1. The Labute approximate surface area is 156 Å². The number of benzene rings is 3. The summed E-state index contributed by atoms with van der Waals surface area (Å²) in [5.74, 6) is -0.255. The van der Waals surface area contributed by atoms with E-state index in [1.54, 1.807) is 24.3 Å². The smallest absolute Gasteiger partial charge is 0.259 e. The predicted octanol–water partition coefficient (Wildman–Crippen LogP) is 4.46. The van der Waals surface area contributed by atoms with Gasteiger partial charge < -0.3 is 10.5 Å². The van der Waals surface area contributed by atoms with Crippen LogP contribution in [0.15, 0.2) is 66.2 Å². The molecule has 3 aromatic rings. The summed E-state index contributed by atoms with van der Waals surface area (Å²) >= 11 is 6.27. The first-order valence-electron chi connectivity index (χ1n) is 7.89. The molecule has 0 unspecified atom stereocenters. The lowest BCUT2D eigenvalue weighted by atomic mass is 10.1. The molecule has 3 aromatic carbocycles. The molecule has 0 aromatic heterocycles. The first-order chi connectivity index (χ1) is 12.6. The maximum absolute atomic E-state index is 11.1. The van der Waals surface area contributed by atoms with Crippen LogP contribution in [-0.4, -0.2) is 5.91 Å². The van der Waals surface area contributed by atoms with Crippen LogP contribution in [0.3, 0.4) is 0 Å². The van der Waals surface area contributed by atoms with Crippen molar-refractivity contribution in [2.24, 2.45) is 5.73 Å². The average Bonchev–Trinajstić information content (AvgIpc) is 2.65. The van der Waals surface area contributed by atoms with Gasteiger partial charge in [0.25, 0.3) is 5.91 Å². The van der Waals surface area contributed by atoms with Gasteiger partial charge in [-0.3, -0.25) is 4.79 Å². The van der Waals surface area contributed by atoms with Gasteiger partial charge in [-0.2, -0.15) is 5.26 Å². The van der Waals surface area contributed by atoms with E-state index in [9.17, 15) is 4.79 Å². The number of carbonyl (C=O) groups excluding carboxylic acids is 1. The standard InChI is InChI=1S/C21H15ClN2O2/c22-19-11-14(10-17(12-23)21(24)25)8-9-20(19)26-13-16-6-3-5-15-4-1-2-7-18(15)16/h1-11H,13H2,(H2,24,25)/b17-10+. The van der Waals surface area contributed by atoms with Gasteiger partial charge in [0.2, 0.25) is 0 Å². The highest BCUT2D eigenvalue weighted by Gasteiger charge is 2.07. The van der Waals surface area contributed by atoms with Gasteiger partial charge in [0.05, 0.1) is 5.02 Å². The molecule has 1 amide bonds. The van der Waals surface area contributed by atoms with Gasteiger partial charge in [0, 0.05) is 0 Å². The summed E-state index contributed by atoms with van der Waals surface area (Å²) in [5.41, 5.74) is 6.66. The van der Waals surface area contributed by atoms with Crippen molar-refractivity contribution in [3.05, 3.63) is 82.4 Å². The number of nitrogens with two attached hydrogens (primary N) is 1. The fourth-order valence-electron chi connectivity index (χ4n) is 2.62. The lowest BCUT2D eigenvalue weighted by Gasteiger charge is -2.11. The molecule has 0 aliphatic heterocycles. The highest BCUT2D eigenvalue weighted by Crippen LogP contribution is 2.28. The quantitative estimate of drug-likeness (QED) is 0.537. The van der Waals surface area contributed by atoms with Gasteiger partial charge in [-0.25, -0.2) is 0 Å². The summed E-state index contributed by atoms with van der Waals surface area (Å²) in [4.78, 5) is 11.1. The number of hydrogen-bond donors (Lipinski definition) is 1. The highest BCUT2D eigenvalue weighted by atomic mass is 35.5. The molecule has 5 heteroatoms. The van der Waals surface area contributed by atoms with Crippen molar-refractivity contribution in [2.45, 2.75) is 6.61 Å². The molecule has 0 spiro atoms. The molecule has 0 radical (unpaired) electrons. The van der Waals surface area contributed by atoms with E-state index in [0.717, 1.165) is 16.3 Å². The normalized spacial score (nSPS) is 11.2. The van der Waals surface area contributed by atoms with Crippen LogP contribution in [0.2, 0.25) is 5.02 Å². The SMILES string of the molecule is N#C/C(=C\c1ccc(OCc2cccc3ccccc23)c(Cl)c1)C(N)=O. The zero-order chi connectivity index (χ0) is 18.5. The van der Waals surface area contributed by atoms with Crippen LogP contribution in [0, 0.1) is 11.3 Å².